The van der Waals surface area contributed by atoms with E-state index in [1.54, 1.807) is 4.90 Å². The van der Waals surface area contributed by atoms with Crippen molar-refractivity contribution < 1.29 is 9.90 Å². The van der Waals surface area contributed by atoms with Crippen molar-refractivity contribution in [2.75, 3.05) is 26.2 Å². The van der Waals surface area contributed by atoms with Gasteiger partial charge in [0.15, 0.2) is 6.23 Å². The maximum absolute atomic E-state index is 13.2. The van der Waals surface area contributed by atoms with Crippen LogP contribution in [0.2, 0.25) is 0 Å². The number of aliphatic hydroxyl groups excluding tert-OH is 1. The Morgan fingerprint density at radius 3 is 2.65 bits per heavy atom. The first-order chi connectivity index (χ1) is 15.1. The first-order valence-corrected chi connectivity index (χ1v) is 11.9. The molecule has 0 aromatic heterocycles. The van der Waals surface area contributed by atoms with Crippen LogP contribution in [0.5, 0.6) is 0 Å². The fraction of sp³-hybridized carbons (Fsp3) is 0.346. The van der Waals surface area contributed by atoms with Gasteiger partial charge >= 0.3 is 0 Å². The number of hydrogen-bond donors (Lipinski definition) is 1. The minimum absolute atomic E-state index is 0.0708. The van der Waals surface area contributed by atoms with Crippen molar-refractivity contribution in [3.63, 3.8) is 0 Å². The molecule has 160 valence electrons. The fourth-order valence-electron chi connectivity index (χ4n) is 5.17. The van der Waals surface area contributed by atoms with E-state index in [4.69, 9.17) is 0 Å². The van der Waals surface area contributed by atoms with E-state index in [1.165, 1.54) is 22.9 Å². The van der Waals surface area contributed by atoms with Gasteiger partial charge in [-0.1, -0.05) is 64.5 Å². The summed E-state index contributed by atoms with van der Waals surface area (Å²) in [5.74, 6) is 0.544. The van der Waals surface area contributed by atoms with Crippen LogP contribution in [-0.4, -0.2) is 47.0 Å². The Balaban J connectivity index is 1.27. The molecule has 1 N–H and O–H groups in total. The number of carbonyl (C=O) groups is 1. The van der Waals surface area contributed by atoms with E-state index < -0.39 is 6.23 Å². The lowest BCUT2D eigenvalue weighted by Gasteiger charge is -2.37. The molecule has 1 saturated heterocycles. The lowest BCUT2D eigenvalue weighted by atomic mass is 9.91. The highest BCUT2D eigenvalue weighted by Crippen LogP contribution is 2.35. The van der Waals surface area contributed by atoms with E-state index in [2.05, 4.69) is 45.1 Å². The van der Waals surface area contributed by atoms with Gasteiger partial charge in [0.2, 0.25) is 0 Å². The molecule has 2 aliphatic rings. The second-order valence-corrected chi connectivity index (χ2v) is 9.58. The Hall–Kier alpha value is -2.21. The predicted octanol–water partition coefficient (Wildman–Crippen LogP) is 5.00. The van der Waals surface area contributed by atoms with Crippen molar-refractivity contribution in [3.8, 4) is 0 Å². The van der Waals surface area contributed by atoms with E-state index in [0.717, 1.165) is 42.4 Å². The third-order valence-electron chi connectivity index (χ3n) is 6.73. The second kappa shape index (κ2) is 8.73. The molecule has 31 heavy (non-hydrogen) atoms. The highest BCUT2D eigenvalue weighted by Gasteiger charge is 2.33. The molecule has 4 nitrogen and oxygen atoms in total. The predicted molar refractivity (Wildman–Crippen MR) is 127 cm³/mol. The topological polar surface area (TPSA) is 43.8 Å². The molecule has 2 atom stereocenters. The highest BCUT2D eigenvalue weighted by molar-refractivity contribution is 9.10. The largest absolute Gasteiger partial charge is 0.369 e. The summed E-state index contributed by atoms with van der Waals surface area (Å²) in [4.78, 5) is 17.3. The Morgan fingerprint density at radius 2 is 1.81 bits per heavy atom. The van der Waals surface area contributed by atoms with Crippen LogP contribution in [0.3, 0.4) is 0 Å². The zero-order valence-corrected chi connectivity index (χ0v) is 19.1. The number of rotatable bonds is 5. The highest BCUT2D eigenvalue weighted by atomic mass is 79.9. The van der Waals surface area contributed by atoms with Crippen LogP contribution in [0.4, 0.5) is 0 Å². The average Bonchev–Trinajstić information content (AvgIpc) is 2.79. The van der Waals surface area contributed by atoms with Gasteiger partial charge in [-0.05, 0) is 54.8 Å². The first-order valence-electron chi connectivity index (χ1n) is 11.1. The van der Waals surface area contributed by atoms with Crippen LogP contribution in [0, 0.1) is 5.92 Å². The van der Waals surface area contributed by atoms with E-state index in [-0.39, 0.29) is 5.91 Å². The smallest absolute Gasteiger partial charge is 0.256 e. The first kappa shape index (κ1) is 20.7. The molecular weight excluding hydrogens is 452 g/mol. The number of benzene rings is 3. The van der Waals surface area contributed by atoms with E-state index in [0.29, 0.717) is 18.0 Å². The Labute approximate surface area is 191 Å². The van der Waals surface area contributed by atoms with Gasteiger partial charge in [0.1, 0.15) is 0 Å². The molecule has 0 aliphatic carbocycles. The summed E-state index contributed by atoms with van der Waals surface area (Å²) in [6.07, 6.45) is 2.59. The van der Waals surface area contributed by atoms with Crippen LogP contribution >= 0.6 is 15.9 Å². The van der Waals surface area contributed by atoms with Gasteiger partial charge in [-0.25, -0.2) is 0 Å². The van der Waals surface area contributed by atoms with Crippen molar-refractivity contribution in [1.29, 1.82) is 0 Å². The molecule has 0 spiro atoms. The molecule has 3 aromatic rings. The van der Waals surface area contributed by atoms with Crippen LogP contribution in [-0.2, 0) is 6.42 Å². The third kappa shape index (κ3) is 4.02. The van der Waals surface area contributed by atoms with Crippen LogP contribution < -0.4 is 0 Å². The minimum atomic E-state index is -0.882. The molecule has 5 heteroatoms. The number of halogens is 1. The second-order valence-electron chi connectivity index (χ2n) is 8.73. The number of hydrogen-bond acceptors (Lipinski definition) is 3. The van der Waals surface area contributed by atoms with Gasteiger partial charge in [0, 0.05) is 40.6 Å². The van der Waals surface area contributed by atoms with E-state index >= 15 is 0 Å². The molecule has 2 aliphatic heterocycles. The van der Waals surface area contributed by atoms with Gasteiger partial charge < -0.3 is 14.9 Å². The van der Waals surface area contributed by atoms with E-state index in [1.807, 2.05) is 36.4 Å². The summed E-state index contributed by atoms with van der Waals surface area (Å²) in [6.45, 7) is 3.41. The Kier molecular flexibility index (Phi) is 5.83. The van der Waals surface area contributed by atoms with Crippen molar-refractivity contribution in [2.45, 2.75) is 25.5 Å². The van der Waals surface area contributed by atoms with Crippen molar-refractivity contribution in [1.82, 2.24) is 9.80 Å². The summed E-state index contributed by atoms with van der Waals surface area (Å²) in [5, 5.41) is 12.9. The monoisotopic (exact) mass is 478 g/mol. The van der Waals surface area contributed by atoms with Crippen LogP contribution in [0.1, 0.15) is 40.6 Å². The number of piperidine rings is 1. The molecule has 1 fully saturated rings. The summed E-state index contributed by atoms with van der Waals surface area (Å²) in [6, 6.07) is 20.1. The average molecular weight is 479 g/mol. The summed E-state index contributed by atoms with van der Waals surface area (Å²) < 4.78 is 1.18. The zero-order valence-electron chi connectivity index (χ0n) is 17.5. The SMILES string of the molecule is O=C1c2cccc3cccc(c23)C(O)N1CCN1CCCC(Cc2ccccc2Br)C1. The van der Waals surface area contributed by atoms with E-state index in [9.17, 15) is 9.90 Å². The number of likely N-dealkylation sites (tertiary alicyclic amines) is 1. The van der Waals surface area contributed by atoms with Gasteiger partial charge in [-0.3, -0.25) is 4.79 Å². The normalized spacial score (nSPS) is 21.6. The number of carbonyl (C=O) groups excluding carboxylic acids is 1. The molecule has 2 unspecified atom stereocenters. The Morgan fingerprint density at radius 1 is 1.00 bits per heavy atom. The quantitative estimate of drug-likeness (QED) is 0.560. The maximum atomic E-state index is 13.2. The minimum Gasteiger partial charge on any atom is -0.369 e. The standard InChI is InChI=1S/C26H27BrN2O2/c27-23-12-2-1-7-20(23)16-18-6-5-13-28(17-18)14-15-29-25(30)21-10-3-8-19-9-4-11-22(24(19)21)26(29)31/h1-4,7-12,18,25,30H,5-6,13-17H2. The zero-order chi connectivity index (χ0) is 21.4. The molecule has 5 rings (SSSR count). The van der Waals surface area contributed by atoms with Crippen molar-refractivity contribution >= 4 is 32.6 Å². The number of amides is 1. The van der Waals surface area contributed by atoms with Gasteiger partial charge in [0.05, 0.1) is 0 Å². The summed E-state index contributed by atoms with van der Waals surface area (Å²) in [7, 11) is 0. The molecular formula is C26H27BrN2O2. The molecule has 0 bridgehead atoms. The van der Waals surface area contributed by atoms with Crippen molar-refractivity contribution in [3.05, 3.63) is 81.8 Å². The molecule has 0 saturated carbocycles. The van der Waals surface area contributed by atoms with Gasteiger partial charge in [-0.15, -0.1) is 0 Å². The summed E-state index contributed by atoms with van der Waals surface area (Å²) >= 11 is 3.67. The molecule has 3 aromatic carbocycles. The molecule has 2 heterocycles. The van der Waals surface area contributed by atoms with Crippen LogP contribution in [0.15, 0.2) is 65.1 Å². The molecule has 0 radical (unpaired) electrons. The maximum Gasteiger partial charge on any atom is 0.256 e. The lowest BCUT2D eigenvalue weighted by Crippen LogP contribution is -2.45. The van der Waals surface area contributed by atoms with Crippen molar-refractivity contribution in [2.24, 2.45) is 5.92 Å². The number of nitrogens with zero attached hydrogens (tertiary/aromatic N) is 2. The molecule has 1 amide bonds. The summed E-state index contributed by atoms with van der Waals surface area (Å²) in [5.41, 5.74) is 2.89. The lowest BCUT2D eigenvalue weighted by molar-refractivity contribution is -0.000519. The van der Waals surface area contributed by atoms with Gasteiger partial charge in [0.25, 0.3) is 5.91 Å². The number of aliphatic hydroxyl groups is 1. The van der Waals surface area contributed by atoms with Crippen LogP contribution in [0.25, 0.3) is 10.8 Å². The third-order valence-corrected chi connectivity index (χ3v) is 7.50. The Bertz CT molecular complexity index is 1110. The van der Waals surface area contributed by atoms with Gasteiger partial charge in [-0.2, -0.15) is 0 Å². The fourth-order valence-corrected chi connectivity index (χ4v) is 5.61.